The van der Waals surface area contributed by atoms with Gasteiger partial charge in [-0.05, 0) is 36.6 Å². The number of anilines is 1. The standard InChI is InChI=1S/C19H19N3O5/c20-17-11-15(22(25)26)7-8-16(17)19(24)27-12-13-3-5-14(6-4-13)18(23)21-9-1-2-10-21/h3-8,11H,1-2,9-10,12,20H2. The summed E-state index contributed by atoms with van der Waals surface area (Å²) in [6.45, 7) is 1.58. The molecular weight excluding hydrogens is 350 g/mol. The molecule has 0 atom stereocenters. The van der Waals surface area contributed by atoms with E-state index >= 15 is 0 Å². The van der Waals surface area contributed by atoms with Crippen molar-refractivity contribution in [3.05, 3.63) is 69.3 Å². The molecule has 0 unspecified atom stereocenters. The zero-order valence-corrected chi connectivity index (χ0v) is 14.6. The lowest BCUT2D eigenvalue weighted by molar-refractivity contribution is -0.384. The molecule has 0 aromatic heterocycles. The van der Waals surface area contributed by atoms with Crippen molar-refractivity contribution in [2.24, 2.45) is 0 Å². The Morgan fingerprint density at radius 2 is 1.78 bits per heavy atom. The third kappa shape index (κ3) is 4.22. The number of rotatable bonds is 5. The highest BCUT2D eigenvalue weighted by Crippen LogP contribution is 2.21. The number of nitro groups is 1. The molecule has 2 aromatic carbocycles. The maximum absolute atomic E-state index is 12.3. The van der Waals surface area contributed by atoms with E-state index in [1.165, 1.54) is 12.1 Å². The second-order valence-corrected chi connectivity index (χ2v) is 6.30. The summed E-state index contributed by atoms with van der Waals surface area (Å²) in [5.41, 5.74) is 6.89. The van der Waals surface area contributed by atoms with Gasteiger partial charge in [0.1, 0.15) is 6.61 Å². The minimum absolute atomic E-state index is 0.00739. The molecule has 1 heterocycles. The van der Waals surface area contributed by atoms with Gasteiger partial charge in [-0.1, -0.05) is 12.1 Å². The van der Waals surface area contributed by atoms with Crippen molar-refractivity contribution in [2.45, 2.75) is 19.4 Å². The summed E-state index contributed by atoms with van der Waals surface area (Å²) in [7, 11) is 0. The number of hydrogen-bond acceptors (Lipinski definition) is 6. The van der Waals surface area contributed by atoms with Crippen LogP contribution in [0.1, 0.15) is 39.1 Å². The number of carbonyl (C=O) groups is 2. The first-order valence-corrected chi connectivity index (χ1v) is 8.55. The molecule has 140 valence electrons. The molecule has 0 saturated carbocycles. The topological polar surface area (TPSA) is 116 Å². The molecule has 1 saturated heterocycles. The van der Waals surface area contributed by atoms with E-state index in [9.17, 15) is 19.7 Å². The van der Waals surface area contributed by atoms with Crippen LogP contribution in [0.5, 0.6) is 0 Å². The van der Waals surface area contributed by atoms with Crippen LogP contribution in [0.2, 0.25) is 0 Å². The summed E-state index contributed by atoms with van der Waals surface area (Å²) in [6.07, 6.45) is 2.07. The molecule has 27 heavy (non-hydrogen) atoms. The van der Waals surface area contributed by atoms with E-state index in [1.54, 1.807) is 24.3 Å². The molecule has 1 fully saturated rings. The van der Waals surface area contributed by atoms with Crippen molar-refractivity contribution in [3.63, 3.8) is 0 Å². The largest absolute Gasteiger partial charge is 0.457 e. The van der Waals surface area contributed by atoms with Crippen LogP contribution in [-0.4, -0.2) is 34.8 Å². The highest BCUT2D eigenvalue weighted by Gasteiger charge is 2.19. The van der Waals surface area contributed by atoms with Crippen molar-refractivity contribution in [2.75, 3.05) is 18.8 Å². The number of esters is 1. The number of nitrogen functional groups attached to an aromatic ring is 1. The van der Waals surface area contributed by atoms with E-state index in [1.807, 2.05) is 4.90 Å². The highest BCUT2D eigenvalue weighted by molar-refractivity contribution is 5.96. The van der Waals surface area contributed by atoms with Crippen LogP contribution < -0.4 is 5.73 Å². The van der Waals surface area contributed by atoms with E-state index in [0.29, 0.717) is 5.56 Å². The molecule has 0 radical (unpaired) electrons. The SMILES string of the molecule is Nc1cc([N+](=O)[O-])ccc1C(=O)OCc1ccc(C(=O)N2CCCC2)cc1. The number of amides is 1. The van der Waals surface area contributed by atoms with E-state index in [-0.39, 0.29) is 29.5 Å². The molecule has 3 rings (SSSR count). The number of carbonyl (C=O) groups excluding carboxylic acids is 2. The zero-order valence-electron chi connectivity index (χ0n) is 14.6. The highest BCUT2D eigenvalue weighted by atomic mass is 16.6. The summed E-state index contributed by atoms with van der Waals surface area (Å²) in [6, 6.07) is 10.5. The first-order valence-electron chi connectivity index (χ1n) is 8.55. The van der Waals surface area contributed by atoms with Crippen molar-refractivity contribution < 1.29 is 19.2 Å². The molecule has 8 heteroatoms. The lowest BCUT2D eigenvalue weighted by Crippen LogP contribution is -2.27. The summed E-state index contributed by atoms with van der Waals surface area (Å²) in [4.78, 5) is 36.4. The molecular formula is C19H19N3O5. The third-order valence-corrected chi connectivity index (χ3v) is 4.43. The Balaban J connectivity index is 1.60. The van der Waals surface area contributed by atoms with E-state index in [0.717, 1.165) is 37.6 Å². The number of nitrogens with two attached hydrogens (primary N) is 1. The van der Waals surface area contributed by atoms with Crippen molar-refractivity contribution >= 4 is 23.3 Å². The second-order valence-electron chi connectivity index (χ2n) is 6.30. The fraction of sp³-hybridized carbons (Fsp3) is 0.263. The Morgan fingerprint density at radius 1 is 1.11 bits per heavy atom. The fourth-order valence-corrected chi connectivity index (χ4v) is 2.92. The van der Waals surface area contributed by atoms with Gasteiger partial charge >= 0.3 is 5.97 Å². The summed E-state index contributed by atoms with van der Waals surface area (Å²) in [5.74, 6) is -0.658. The van der Waals surface area contributed by atoms with Crippen molar-refractivity contribution in [1.29, 1.82) is 0 Å². The third-order valence-electron chi connectivity index (χ3n) is 4.43. The second kappa shape index (κ2) is 7.86. The van der Waals surface area contributed by atoms with Crippen LogP contribution in [0.25, 0.3) is 0 Å². The predicted molar refractivity (Wildman–Crippen MR) is 98.2 cm³/mol. The van der Waals surface area contributed by atoms with Crippen LogP contribution in [0.4, 0.5) is 11.4 Å². The van der Waals surface area contributed by atoms with Gasteiger partial charge in [-0.15, -0.1) is 0 Å². The van der Waals surface area contributed by atoms with Gasteiger partial charge < -0.3 is 15.4 Å². The average molecular weight is 369 g/mol. The van der Waals surface area contributed by atoms with E-state index in [4.69, 9.17) is 10.5 Å². The van der Waals surface area contributed by atoms with Gasteiger partial charge in [0, 0.05) is 30.8 Å². The van der Waals surface area contributed by atoms with Gasteiger partial charge in [-0.2, -0.15) is 0 Å². The predicted octanol–water partition coefficient (Wildman–Crippen LogP) is 2.77. The Kier molecular flexibility index (Phi) is 5.35. The molecule has 0 bridgehead atoms. The number of nitrogens with zero attached hydrogens (tertiary/aromatic N) is 2. The summed E-state index contributed by atoms with van der Waals surface area (Å²) < 4.78 is 5.21. The van der Waals surface area contributed by atoms with E-state index in [2.05, 4.69) is 0 Å². The lowest BCUT2D eigenvalue weighted by atomic mass is 10.1. The van der Waals surface area contributed by atoms with Gasteiger partial charge in [0.15, 0.2) is 0 Å². The maximum Gasteiger partial charge on any atom is 0.340 e. The molecule has 0 spiro atoms. The minimum Gasteiger partial charge on any atom is -0.457 e. The van der Waals surface area contributed by atoms with Crippen molar-refractivity contribution in [1.82, 2.24) is 4.90 Å². The fourth-order valence-electron chi connectivity index (χ4n) is 2.92. The Hall–Kier alpha value is -3.42. The lowest BCUT2D eigenvalue weighted by Gasteiger charge is -2.15. The molecule has 2 N–H and O–H groups in total. The summed E-state index contributed by atoms with van der Waals surface area (Å²) >= 11 is 0. The van der Waals surface area contributed by atoms with Crippen molar-refractivity contribution in [3.8, 4) is 0 Å². The number of non-ortho nitro benzene ring substituents is 1. The minimum atomic E-state index is -0.667. The van der Waals surface area contributed by atoms with Crippen LogP contribution in [0.3, 0.4) is 0 Å². The van der Waals surface area contributed by atoms with Gasteiger partial charge in [0.05, 0.1) is 16.2 Å². The van der Waals surface area contributed by atoms with Gasteiger partial charge in [-0.3, -0.25) is 14.9 Å². The van der Waals surface area contributed by atoms with Gasteiger partial charge in [0.25, 0.3) is 11.6 Å². The monoisotopic (exact) mass is 369 g/mol. The number of benzene rings is 2. The Bertz CT molecular complexity index is 873. The maximum atomic E-state index is 12.3. The molecule has 2 aromatic rings. The molecule has 1 aliphatic rings. The Morgan fingerprint density at radius 3 is 2.37 bits per heavy atom. The zero-order chi connectivity index (χ0) is 19.4. The number of likely N-dealkylation sites (tertiary alicyclic amines) is 1. The Labute approximate surface area is 155 Å². The smallest absolute Gasteiger partial charge is 0.340 e. The van der Waals surface area contributed by atoms with Crippen LogP contribution >= 0.6 is 0 Å². The number of hydrogen-bond donors (Lipinski definition) is 1. The van der Waals surface area contributed by atoms with Gasteiger partial charge in [-0.25, -0.2) is 4.79 Å². The van der Waals surface area contributed by atoms with Crippen LogP contribution in [0, 0.1) is 10.1 Å². The quantitative estimate of drug-likeness (QED) is 0.375. The van der Waals surface area contributed by atoms with Crippen LogP contribution in [0.15, 0.2) is 42.5 Å². The first kappa shape index (κ1) is 18.4. The molecule has 0 aliphatic carbocycles. The summed E-state index contributed by atoms with van der Waals surface area (Å²) in [5, 5.41) is 10.7. The van der Waals surface area contributed by atoms with E-state index < -0.39 is 10.9 Å². The van der Waals surface area contributed by atoms with Gasteiger partial charge in [0.2, 0.25) is 0 Å². The molecule has 1 aliphatic heterocycles. The number of ether oxygens (including phenoxy) is 1. The van der Waals surface area contributed by atoms with Crippen LogP contribution in [-0.2, 0) is 11.3 Å². The average Bonchev–Trinajstić information content (AvgIpc) is 3.20. The first-order chi connectivity index (χ1) is 13.0. The number of nitro benzene ring substituents is 1. The molecule has 1 amide bonds. The normalized spacial score (nSPS) is 13.4. The molecule has 8 nitrogen and oxygen atoms in total.